The maximum absolute atomic E-state index is 4.13. The van der Waals surface area contributed by atoms with Crippen molar-refractivity contribution in [3.05, 3.63) is 66.3 Å². The summed E-state index contributed by atoms with van der Waals surface area (Å²) >= 11 is 0. The van der Waals surface area contributed by atoms with Crippen LogP contribution in [0.2, 0.25) is 0 Å². The third-order valence-corrected chi connectivity index (χ3v) is 2.87. The van der Waals surface area contributed by atoms with Gasteiger partial charge in [0, 0.05) is 5.92 Å². The Balaban J connectivity index is 2.64. The van der Waals surface area contributed by atoms with E-state index in [4.69, 9.17) is 0 Å². The Hall–Kier alpha value is -1.56. The summed E-state index contributed by atoms with van der Waals surface area (Å²) < 4.78 is 0. The van der Waals surface area contributed by atoms with Crippen molar-refractivity contribution >= 4 is 5.57 Å². The van der Waals surface area contributed by atoms with Gasteiger partial charge in [0.25, 0.3) is 0 Å². The lowest BCUT2D eigenvalue weighted by molar-refractivity contribution is 0.963. The van der Waals surface area contributed by atoms with Crippen molar-refractivity contribution in [3.63, 3.8) is 0 Å². The van der Waals surface area contributed by atoms with Crippen molar-refractivity contribution in [1.29, 1.82) is 0 Å². The monoisotopic (exact) mass is 182 g/mol. The Morgan fingerprint density at radius 1 is 1.29 bits per heavy atom. The van der Waals surface area contributed by atoms with Gasteiger partial charge in [-0.15, -0.1) is 0 Å². The van der Waals surface area contributed by atoms with Gasteiger partial charge in [0.15, 0.2) is 0 Å². The molecule has 0 aromatic heterocycles. The second kappa shape index (κ2) is 3.30. The van der Waals surface area contributed by atoms with Crippen LogP contribution in [-0.4, -0.2) is 0 Å². The van der Waals surface area contributed by atoms with Crippen LogP contribution < -0.4 is 0 Å². The van der Waals surface area contributed by atoms with Crippen LogP contribution in [0.3, 0.4) is 0 Å². The standard InChI is InChI=1S/C14H14/c1-4-7-12-10(2)11(3)13-8-5-6-9-14(12)13/h4-9,11H,1-2H2,3H3/b12-7+. The zero-order valence-electron chi connectivity index (χ0n) is 8.46. The van der Waals surface area contributed by atoms with E-state index in [2.05, 4.69) is 44.3 Å². The van der Waals surface area contributed by atoms with Crippen LogP contribution in [0.4, 0.5) is 0 Å². The van der Waals surface area contributed by atoms with E-state index in [-0.39, 0.29) is 0 Å². The summed E-state index contributed by atoms with van der Waals surface area (Å²) in [4.78, 5) is 0. The van der Waals surface area contributed by atoms with E-state index >= 15 is 0 Å². The smallest absolute Gasteiger partial charge is 0.00674 e. The average Bonchev–Trinajstić information content (AvgIpc) is 2.45. The summed E-state index contributed by atoms with van der Waals surface area (Å²) in [6.45, 7) is 10.1. The molecule has 70 valence electrons. The summed E-state index contributed by atoms with van der Waals surface area (Å²) in [5.41, 5.74) is 5.13. The molecule has 14 heavy (non-hydrogen) atoms. The van der Waals surface area contributed by atoms with Crippen molar-refractivity contribution in [2.75, 3.05) is 0 Å². The minimum absolute atomic E-state index is 0.442. The van der Waals surface area contributed by atoms with Gasteiger partial charge >= 0.3 is 0 Å². The SMILES string of the molecule is C=C/C=C1\C(=C)C(C)c2ccccc21. The molecule has 0 heteroatoms. The highest BCUT2D eigenvalue weighted by Gasteiger charge is 2.25. The molecule has 0 saturated carbocycles. The Kier molecular flexibility index (Phi) is 2.12. The van der Waals surface area contributed by atoms with Gasteiger partial charge in [0.05, 0.1) is 0 Å². The highest BCUT2D eigenvalue weighted by Crippen LogP contribution is 2.43. The molecule has 1 aromatic carbocycles. The normalized spacial score (nSPS) is 22.5. The van der Waals surface area contributed by atoms with Gasteiger partial charge in [-0.05, 0) is 22.3 Å². The summed E-state index contributed by atoms with van der Waals surface area (Å²) in [5, 5.41) is 0. The fourth-order valence-corrected chi connectivity index (χ4v) is 2.03. The third-order valence-electron chi connectivity index (χ3n) is 2.87. The van der Waals surface area contributed by atoms with E-state index < -0.39 is 0 Å². The molecule has 1 unspecified atom stereocenters. The van der Waals surface area contributed by atoms with Crippen molar-refractivity contribution in [2.24, 2.45) is 0 Å². The van der Waals surface area contributed by atoms with Crippen molar-refractivity contribution in [1.82, 2.24) is 0 Å². The van der Waals surface area contributed by atoms with Crippen LogP contribution in [0.15, 0.2) is 55.1 Å². The van der Waals surface area contributed by atoms with E-state index in [1.165, 1.54) is 22.3 Å². The summed E-state index contributed by atoms with van der Waals surface area (Å²) in [6, 6.07) is 8.48. The number of rotatable bonds is 1. The number of benzene rings is 1. The maximum atomic E-state index is 4.13. The first-order valence-corrected chi connectivity index (χ1v) is 4.87. The minimum Gasteiger partial charge on any atom is -0.0990 e. The number of hydrogen-bond donors (Lipinski definition) is 0. The summed E-state index contributed by atoms with van der Waals surface area (Å²) in [5.74, 6) is 0.442. The quantitative estimate of drug-likeness (QED) is 0.617. The molecule has 2 rings (SSSR count). The fourth-order valence-electron chi connectivity index (χ4n) is 2.03. The molecular weight excluding hydrogens is 168 g/mol. The predicted octanol–water partition coefficient (Wildman–Crippen LogP) is 3.93. The topological polar surface area (TPSA) is 0 Å². The highest BCUT2D eigenvalue weighted by molar-refractivity contribution is 5.87. The van der Waals surface area contributed by atoms with Gasteiger partial charge in [-0.2, -0.15) is 0 Å². The van der Waals surface area contributed by atoms with Crippen molar-refractivity contribution in [3.8, 4) is 0 Å². The van der Waals surface area contributed by atoms with Gasteiger partial charge in [0.2, 0.25) is 0 Å². The largest absolute Gasteiger partial charge is 0.0990 e. The Bertz CT molecular complexity index is 421. The molecule has 0 amide bonds. The first kappa shape index (κ1) is 9.01. The zero-order chi connectivity index (χ0) is 10.1. The molecule has 0 fully saturated rings. The molecular formula is C14H14. The number of allylic oxidation sites excluding steroid dienone is 4. The molecule has 0 aliphatic heterocycles. The molecule has 0 saturated heterocycles. The van der Waals surface area contributed by atoms with E-state index in [1.54, 1.807) is 0 Å². The van der Waals surface area contributed by atoms with Crippen molar-refractivity contribution in [2.45, 2.75) is 12.8 Å². The van der Waals surface area contributed by atoms with Crippen LogP contribution >= 0.6 is 0 Å². The Labute approximate surface area is 85.3 Å². The minimum atomic E-state index is 0.442. The van der Waals surface area contributed by atoms with E-state index in [0.717, 1.165) is 0 Å². The van der Waals surface area contributed by atoms with Gasteiger partial charge in [-0.3, -0.25) is 0 Å². The van der Waals surface area contributed by atoms with Crippen LogP contribution in [0, 0.1) is 0 Å². The lowest BCUT2D eigenvalue weighted by atomic mass is 10.0. The molecule has 0 heterocycles. The van der Waals surface area contributed by atoms with E-state index in [9.17, 15) is 0 Å². The van der Waals surface area contributed by atoms with Crippen LogP contribution in [0.5, 0.6) is 0 Å². The first-order chi connectivity index (χ1) is 6.75. The second-order valence-corrected chi connectivity index (χ2v) is 3.65. The molecule has 0 nitrogen and oxygen atoms in total. The van der Waals surface area contributed by atoms with Gasteiger partial charge < -0.3 is 0 Å². The Morgan fingerprint density at radius 2 is 2.00 bits per heavy atom. The van der Waals surface area contributed by atoms with Gasteiger partial charge in [0.1, 0.15) is 0 Å². The number of hydrogen-bond acceptors (Lipinski definition) is 0. The molecule has 0 spiro atoms. The van der Waals surface area contributed by atoms with Crippen molar-refractivity contribution < 1.29 is 0 Å². The molecule has 1 aromatic rings. The lowest BCUT2D eigenvalue weighted by Gasteiger charge is -2.03. The second-order valence-electron chi connectivity index (χ2n) is 3.65. The van der Waals surface area contributed by atoms with E-state index in [1.807, 2.05) is 12.2 Å². The fraction of sp³-hybridized carbons (Fsp3) is 0.143. The molecule has 1 aliphatic rings. The number of fused-ring (bicyclic) bond motifs is 1. The lowest BCUT2D eigenvalue weighted by Crippen LogP contribution is -1.86. The van der Waals surface area contributed by atoms with Crippen LogP contribution in [0.1, 0.15) is 24.0 Å². The van der Waals surface area contributed by atoms with Crippen LogP contribution in [-0.2, 0) is 0 Å². The average molecular weight is 182 g/mol. The Morgan fingerprint density at radius 3 is 2.71 bits per heavy atom. The predicted molar refractivity (Wildman–Crippen MR) is 62.2 cm³/mol. The summed E-state index contributed by atoms with van der Waals surface area (Å²) in [6.07, 6.45) is 3.88. The molecule has 1 aliphatic carbocycles. The van der Waals surface area contributed by atoms with Crippen LogP contribution in [0.25, 0.3) is 5.57 Å². The molecule has 0 radical (unpaired) electrons. The third kappa shape index (κ3) is 1.15. The molecule has 0 bridgehead atoms. The maximum Gasteiger partial charge on any atom is 0.00674 e. The van der Waals surface area contributed by atoms with Gasteiger partial charge in [-0.25, -0.2) is 0 Å². The molecule has 1 atom stereocenters. The van der Waals surface area contributed by atoms with Gasteiger partial charge in [-0.1, -0.05) is 56.5 Å². The first-order valence-electron chi connectivity index (χ1n) is 4.87. The highest BCUT2D eigenvalue weighted by atomic mass is 14.3. The zero-order valence-corrected chi connectivity index (χ0v) is 8.46. The summed E-state index contributed by atoms with van der Waals surface area (Å²) in [7, 11) is 0. The van der Waals surface area contributed by atoms with E-state index in [0.29, 0.717) is 5.92 Å². The molecule has 0 N–H and O–H groups in total.